The van der Waals surface area contributed by atoms with Crippen LogP contribution >= 0.6 is 0 Å². The minimum absolute atomic E-state index is 0.151. The van der Waals surface area contributed by atoms with E-state index in [-0.39, 0.29) is 11.3 Å². The molecule has 8 nitrogen and oxygen atoms in total. The number of hydrazone groups is 1. The average Bonchev–Trinajstić information content (AvgIpc) is 2.64. The van der Waals surface area contributed by atoms with Crippen molar-refractivity contribution in [1.82, 2.24) is 5.43 Å². The number of hydrogen-bond donors (Lipinski definition) is 1. The third-order valence-electron chi connectivity index (χ3n) is 3.27. The second kappa shape index (κ2) is 9.16. The van der Waals surface area contributed by atoms with Crippen molar-refractivity contribution < 1.29 is 19.2 Å². The van der Waals surface area contributed by atoms with E-state index in [0.29, 0.717) is 30.3 Å². The van der Waals surface area contributed by atoms with Crippen molar-refractivity contribution in [2.45, 2.75) is 13.8 Å². The number of nitrogens with zero attached hydrogens (tertiary/aromatic N) is 2. The molecule has 2 aromatic rings. The number of carbonyl (C=O) groups is 1. The quantitative estimate of drug-likeness (QED) is 0.444. The molecule has 0 atom stereocenters. The van der Waals surface area contributed by atoms with Gasteiger partial charge in [0.25, 0.3) is 11.6 Å². The second-order valence-corrected chi connectivity index (χ2v) is 5.08. The van der Waals surface area contributed by atoms with Gasteiger partial charge in [-0.2, -0.15) is 5.10 Å². The summed E-state index contributed by atoms with van der Waals surface area (Å²) in [5, 5.41) is 14.6. The predicted octanol–water partition coefficient (Wildman–Crippen LogP) is 3.16. The number of nitro groups is 1. The Hall–Kier alpha value is -3.42. The van der Waals surface area contributed by atoms with Crippen LogP contribution in [0.2, 0.25) is 0 Å². The van der Waals surface area contributed by atoms with Crippen molar-refractivity contribution in [3.63, 3.8) is 0 Å². The first kappa shape index (κ1) is 18.9. The van der Waals surface area contributed by atoms with Gasteiger partial charge in [0.05, 0.1) is 24.4 Å². The first-order chi connectivity index (χ1) is 12.5. The molecule has 2 aromatic carbocycles. The highest BCUT2D eigenvalue weighted by Gasteiger charge is 2.10. The zero-order valence-electron chi connectivity index (χ0n) is 14.5. The molecule has 136 valence electrons. The van der Waals surface area contributed by atoms with Crippen molar-refractivity contribution in [2.24, 2.45) is 5.10 Å². The summed E-state index contributed by atoms with van der Waals surface area (Å²) in [4.78, 5) is 22.2. The maximum atomic E-state index is 12.0. The van der Waals surface area contributed by atoms with E-state index in [4.69, 9.17) is 9.47 Å². The van der Waals surface area contributed by atoms with E-state index in [1.165, 1.54) is 30.5 Å². The van der Waals surface area contributed by atoms with Crippen molar-refractivity contribution in [1.29, 1.82) is 0 Å². The summed E-state index contributed by atoms with van der Waals surface area (Å²) in [5.74, 6) is 0.677. The van der Waals surface area contributed by atoms with Crippen LogP contribution in [0.4, 0.5) is 5.69 Å². The SMILES string of the molecule is CCOc1ccc(C=NNC(=O)c2cccc([N+](=O)[O-])c2)cc1OCC. The van der Waals surface area contributed by atoms with E-state index in [9.17, 15) is 14.9 Å². The molecule has 0 heterocycles. The van der Waals surface area contributed by atoms with E-state index in [2.05, 4.69) is 10.5 Å². The van der Waals surface area contributed by atoms with Gasteiger partial charge in [-0.05, 0) is 43.7 Å². The topological polar surface area (TPSA) is 103 Å². The van der Waals surface area contributed by atoms with Gasteiger partial charge in [-0.25, -0.2) is 5.43 Å². The molecule has 2 rings (SSSR count). The van der Waals surface area contributed by atoms with Crippen molar-refractivity contribution in [2.75, 3.05) is 13.2 Å². The summed E-state index contributed by atoms with van der Waals surface area (Å²) in [6.07, 6.45) is 1.45. The molecule has 0 bridgehead atoms. The van der Waals surface area contributed by atoms with Crippen molar-refractivity contribution >= 4 is 17.8 Å². The number of non-ortho nitro benzene ring substituents is 1. The maximum Gasteiger partial charge on any atom is 0.271 e. The number of carbonyl (C=O) groups excluding carboxylic acids is 1. The van der Waals surface area contributed by atoms with Gasteiger partial charge in [0.1, 0.15) is 0 Å². The van der Waals surface area contributed by atoms with E-state index >= 15 is 0 Å². The lowest BCUT2D eigenvalue weighted by Crippen LogP contribution is -2.17. The lowest BCUT2D eigenvalue weighted by atomic mass is 10.2. The Morgan fingerprint density at radius 2 is 1.88 bits per heavy atom. The summed E-state index contributed by atoms with van der Waals surface area (Å²) < 4.78 is 11.0. The lowest BCUT2D eigenvalue weighted by Gasteiger charge is -2.11. The number of benzene rings is 2. The third-order valence-corrected chi connectivity index (χ3v) is 3.27. The first-order valence-electron chi connectivity index (χ1n) is 8.02. The molecule has 0 aliphatic carbocycles. The molecule has 0 fully saturated rings. The molecule has 1 amide bonds. The van der Waals surface area contributed by atoms with Crippen molar-refractivity contribution in [3.05, 3.63) is 63.7 Å². The van der Waals surface area contributed by atoms with Gasteiger partial charge in [-0.15, -0.1) is 0 Å². The molecule has 0 unspecified atom stereocenters. The molecule has 8 heteroatoms. The van der Waals surface area contributed by atoms with Gasteiger partial charge >= 0.3 is 0 Å². The molecule has 0 aromatic heterocycles. The fourth-order valence-corrected chi connectivity index (χ4v) is 2.14. The van der Waals surface area contributed by atoms with Crippen LogP contribution in [0.3, 0.4) is 0 Å². The largest absolute Gasteiger partial charge is 0.490 e. The predicted molar refractivity (Wildman–Crippen MR) is 96.9 cm³/mol. The van der Waals surface area contributed by atoms with Crippen LogP contribution in [0, 0.1) is 10.1 Å². The third kappa shape index (κ3) is 5.04. The zero-order valence-corrected chi connectivity index (χ0v) is 14.5. The molecular formula is C18H19N3O5. The average molecular weight is 357 g/mol. The maximum absolute atomic E-state index is 12.0. The van der Waals surface area contributed by atoms with Gasteiger partial charge < -0.3 is 9.47 Å². The number of nitro benzene ring substituents is 1. The van der Waals surface area contributed by atoms with E-state index in [0.717, 1.165) is 0 Å². The Bertz CT molecular complexity index is 820. The van der Waals surface area contributed by atoms with E-state index in [1.807, 2.05) is 13.8 Å². The van der Waals surface area contributed by atoms with E-state index in [1.54, 1.807) is 18.2 Å². The highest BCUT2D eigenvalue weighted by molar-refractivity contribution is 5.95. The van der Waals surface area contributed by atoms with Crippen LogP contribution in [-0.2, 0) is 0 Å². The fraction of sp³-hybridized carbons (Fsp3) is 0.222. The van der Waals surface area contributed by atoms with Crippen LogP contribution in [0.1, 0.15) is 29.8 Å². The summed E-state index contributed by atoms with van der Waals surface area (Å²) in [6, 6.07) is 10.7. The van der Waals surface area contributed by atoms with Crippen LogP contribution in [0.25, 0.3) is 0 Å². The van der Waals surface area contributed by atoms with Crippen LogP contribution in [-0.4, -0.2) is 30.3 Å². The number of rotatable bonds is 8. The summed E-state index contributed by atoms with van der Waals surface area (Å²) in [7, 11) is 0. The number of hydrogen-bond acceptors (Lipinski definition) is 6. The molecule has 1 N–H and O–H groups in total. The first-order valence-corrected chi connectivity index (χ1v) is 8.02. The van der Waals surface area contributed by atoms with Crippen LogP contribution < -0.4 is 14.9 Å². The Labute approximate surface area is 150 Å². The fourth-order valence-electron chi connectivity index (χ4n) is 2.14. The molecule has 0 aliphatic rings. The molecule has 0 saturated carbocycles. The summed E-state index contributed by atoms with van der Waals surface area (Å²) in [5.41, 5.74) is 3.04. The van der Waals surface area contributed by atoms with E-state index < -0.39 is 10.8 Å². The van der Waals surface area contributed by atoms with Crippen LogP contribution in [0.15, 0.2) is 47.6 Å². The highest BCUT2D eigenvalue weighted by atomic mass is 16.6. The molecule has 0 aliphatic heterocycles. The van der Waals surface area contributed by atoms with Gasteiger partial charge in [0.2, 0.25) is 0 Å². The van der Waals surface area contributed by atoms with Gasteiger partial charge in [0.15, 0.2) is 11.5 Å². The second-order valence-electron chi connectivity index (χ2n) is 5.08. The number of amides is 1. The van der Waals surface area contributed by atoms with Gasteiger partial charge in [0, 0.05) is 17.7 Å². The Balaban J connectivity index is 2.07. The highest BCUT2D eigenvalue weighted by Crippen LogP contribution is 2.27. The molecule has 0 spiro atoms. The zero-order chi connectivity index (χ0) is 18.9. The van der Waals surface area contributed by atoms with Crippen LogP contribution in [0.5, 0.6) is 11.5 Å². The molecule has 0 saturated heterocycles. The Morgan fingerprint density at radius 1 is 1.15 bits per heavy atom. The van der Waals surface area contributed by atoms with Gasteiger partial charge in [-0.1, -0.05) is 6.07 Å². The minimum Gasteiger partial charge on any atom is -0.490 e. The smallest absolute Gasteiger partial charge is 0.271 e. The molecular weight excluding hydrogens is 338 g/mol. The minimum atomic E-state index is -0.560. The Morgan fingerprint density at radius 3 is 2.58 bits per heavy atom. The summed E-state index contributed by atoms with van der Waals surface area (Å²) in [6.45, 7) is 4.77. The number of nitrogens with one attached hydrogen (secondary N) is 1. The number of ether oxygens (including phenoxy) is 2. The monoisotopic (exact) mass is 357 g/mol. The normalized spacial score (nSPS) is 10.5. The standard InChI is InChI=1S/C18H19N3O5/c1-3-25-16-9-8-13(10-17(16)26-4-2)12-19-20-18(22)14-6-5-7-15(11-14)21(23)24/h5-12H,3-4H2,1-2H3,(H,20,22). The van der Waals surface area contributed by atoms with Gasteiger partial charge in [-0.3, -0.25) is 14.9 Å². The molecule has 0 radical (unpaired) electrons. The van der Waals surface area contributed by atoms with Crippen molar-refractivity contribution in [3.8, 4) is 11.5 Å². The summed E-state index contributed by atoms with van der Waals surface area (Å²) >= 11 is 0. The molecule has 26 heavy (non-hydrogen) atoms. The Kier molecular flexibility index (Phi) is 6.67. The lowest BCUT2D eigenvalue weighted by molar-refractivity contribution is -0.384.